The second-order valence-corrected chi connectivity index (χ2v) is 8.79. The van der Waals surface area contributed by atoms with Crippen LogP contribution in [0.25, 0.3) is 46.6 Å². The van der Waals surface area contributed by atoms with E-state index in [0.29, 0.717) is 11.1 Å². The number of rotatable bonds is 4. The van der Waals surface area contributed by atoms with Crippen molar-refractivity contribution in [1.29, 1.82) is 10.5 Å². The van der Waals surface area contributed by atoms with Crippen molar-refractivity contribution in [2.24, 2.45) is 0 Å². The third-order valence-corrected chi connectivity index (χ3v) is 6.92. The summed E-state index contributed by atoms with van der Waals surface area (Å²) >= 11 is 3.15. The van der Waals surface area contributed by atoms with Gasteiger partial charge >= 0.3 is 0 Å². The van der Waals surface area contributed by atoms with E-state index in [4.69, 9.17) is 10.5 Å². The molecule has 2 heterocycles. The Bertz CT molecular complexity index is 1310. The summed E-state index contributed by atoms with van der Waals surface area (Å²) in [4.78, 5) is 1.97. The van der Waals surface area contributed by atoms with Gasteiger partial charge in [0, 0.05) is 9.75 Å². The van der Waals surface area contributed by atoms with Crippen molar-refractivity contribution in [1.82, 2.24) is 0 Å². The van der Waals surface area contributed by atoms with Crippen molar-refractivity contribution in [3.8, 4) is 34.4 Å². The molecule has 0 fully saturated rings. The lowest BCUT2D eigenvalue weighted by Gasteiger charge is -2.24. The van der Waals surface area contributed by atoms with Crippen molar-refractivity contribution in [3.63, 3.8) is 0 Å². The lowest BCUT2D eigenvalue weighted by Crippen LogP contribution is -1.99. The first-order chi connectivity index (χ1) is 14.8. The summed E-state index contributed by atoms with van der Waals surface area (Å²) in [6.45, 7) is 0. The van der Waals surface area contributed by atoms with Crippen LogP contribution in [-0.2, 0) is 0 Å². The molecule has 4 heteroatoms. The second-order valence-electron chi connectivity index (χ2n) is 6.90. The van der Waals surface area contributed by atoms with Crippen LogP contribution in [-0.4, -0.2) is 0 Å². The Balaban J connectivity index is 1.41. The van der Waals surface area contributed by atoms with Gasteiger partial charge in [-0.25, -0.2) is 0 Å². The molecule has 2 aromatic carbocycles. The average molecular weight is 419 g/mol. The van der Waals surface area contributed by atoms with Crippen LogP contribution in [0.2, 0.25) is 0 Å². The largest absolute Gasteiger partial charge is 0.192 e. The molecular formula is C26H14N2S2. The molecule has 0 radical (unpaired) electrons. The number of benzene rings is 2. The number of hydrogen-bond acceptors (Lipinski definition) is 4. The molecule has 1 aliphatic carbocycles. The maximum Gasteiger partial charge on any atom is 0.101 e. The van der Waals surface area contributed by atoms with Crippen molar-refractivity contribution in [3.05, 3.63) is 91.3 Å². The van der Waals surface area contributed by atoms with E-state index in [0.717, 1.165) is 20.9 Å². The van der Waals surface area contributed by atoms with Crippen LogP contribution in [0.3, 0.4) is 0 Å². The normalized spacial score (nSPS) is 11.7. The fourth-order valence-corrected chi connectivity index (χ4v) is 5.09. The molecule has 0 saturated heterocycles. The Kier molecular flexibility index (Phi) is 4.65. The zero-order chi connectivity index (χ0) is 20.5. The molecule has 0 amide bonds. The Morgan fingerprint density at radius 2 is 1.03 bits per heavy atom. The fourth-order valence-electron chi connectivity index (χ4n) is 3.61. The van der Waals surface area contributed by atoms with E-state index in [2.05, 4.69) is 60.7 Å². The van der Waals surface area contributed by atoms with Gasteiger partial charge in [-0.1, -0.05) is 36.4 Å². The Morgan fingerprint density at radius 1 is 0.567 bits per heavy atom. The minimum Gasteiger partial charge on any atom is -0.192 e. The first-order valence-corrected chi connectivity index (χ1v) is 11.1. The Morgan fingerprint density at radius 3 is 1.47 bits per heavy atom. The molecule has 2 nitrogen and oxygen atoms in total. The Labute approximate surface area is 182 Å². The number of nitriles is 2. The maximum absolute atomic E-state index is 9.16. The van der Waals surface area contributed by atoms with Crippen LogP contribution in [0, 0.1) is 22.7 Å². The summed E-state index contributed by atoms with van der Waals surface area (Å²) in [6, 6.07) is 21.1. The molecule has 5 rings (SSSR count). The summed E-state index contributed by atoms with van der Waals surface area (Å²) in [5.74, 6) is 0. The van der Waals surface area contributed by atoms with Crippen molar-refractivity contribution < 1.29 is 0 Å². The van der Waals surface area contributed by atoms with Gasteiger partial charge in [-0.3, -0.25) is 0 Å². The zero-order valence-electron chi connectivity index (χ0n) is 15.8. The predicted molar refractivity (Wildman–Crippen MR) is 127 cm³/mol. The van der Waals surface area contributed by atoms with Crippen LogP contribution in [0.5, 0.6) is 0 Å². The average Bonchev–Trinajstić information content (AvgIpc) is 3.43. The highest BCUT2D eigenvalue weighted by molar-refractivity contribution is 7.11. The third-order valence-electron chi connectivity index (χ3n) is 5.15. The van der Waals surface area contributed by atoms with E-state index in [1.807, 2.05) is 35.0 Å². The number of nitrogens with zero attached hydrogens (tertiary/aromatic N) is 2. The molecule has 0 spiro atoms. The number of fused-ring (bicyclic) bond motifs is 4. The van der Waals surface area contributed by atoms with E-state index in [9.17, 15) is 0 Å². The molecule has 30 heavy (non-hydrogen) atoms. The molecule has 1 aliphatic rings. The van der Waals surface area contributed by atoms with Crippen LogP contribution < -0.4 is 0 Å². The van der Waals surface area contributed by atoms with Gasteiger partial charge < -0.3 is 0 Å². The quantitative estimate of drug-likeness (QED) is 0.303. The summed E-state index contributed by atoms with van der Waals surface area (Å²) in [5, 5.41) is 22.2. The van der Waals surface area contributed by atoms with Crippen molar-refractivity contribution in [2.75, 3.05) is 0 Å². The predicted octanol–water partition coefficient (Wildman–Crippen LogP) is 7.54. The zero-order valence-corrected chi connectivity index (χ0v) is 17.4. The topological polar surface area (TPSA) is 47.6 Å². The van der Waals surface area contributed by atoms with Crippen LogP contribution >= 0.6 is 22.7 Å². The number of thiophene rings is 2. The maximum atomic E-state index is 9.16. The Hall–Kier alpha value is -3.70. The van der Waals surface area contributed by atoms with Gasteiger partial charge in [0.05, 0.1) is 11.1 Å². The van der Waals surface area contributed by atoms with E-state index in [-0.39, 0.29) is 0 Å². The minimum absolute atomic E-state index is 0.715. The van der Waals surface area contributed by atoms with Crippen LogP contribution in [0.4, 0.5) is 0 Å². The SMILES string of the molecule is N#Cc1ccsc1/C=C/c1ccc2c(c1)-c1cc(/C=C/c3sccc3C#N)ccc1-2. The second kappa shape index (κ2) is 7.61. The van der Waals surface area contributed by atoms with E-state index in [1.54, 1.807) is 22.7 Å². The molecule has 0 saturated carbocycles. The van der Waals surface area contributed by atoms with Crippen LogP contribution in [0.15, 0.2) is 59.3 Å². The van der Waals surface area contributed by atoms with Gasteiger partial charge in [-0.15, -0.1) is 22.7 Å². The lowest BCUT2D eigenvalue weighted by atomic mass is 9.79. The van der Waals surface area contributed by atoms with Crippen molar-refractivity contribution >= 4 is 47.0 Å². The van der Waals surface area contributed by atoms with Gasteiger partial charge in [0.2, 0.25) is 0 Å². The minimum atomic E-state index is 0.715. The van der Waals surface area contributed by atoms with E-state index in [1.165, 1.54) is 22.3 Å². The third kappa shape index (κ3) is 3.19. The summed E-state index contributed by atoms with van der Waals surface area (Å²) < 4.78 is 0. The fraction of sp³-hybridized carbons (Fsp3) is 0. The monoisotopic (exact) mass is 418 g/mol. The van der Waals surface area contributed by atoms with Gasteiger partial charge in [0.15, 0.2) is 0 Å². The number of hydrogen-bond donors (Lipinski definition) is 0. The molecule has 0 aliphatic heterocycles. The summed E-state index contributed by atoms with van der Waals surface area (Å²) in [7, 11) is 0. The smallest absolute Gasteiger partial charge is 0.101 e. The van der Waals surface area contributed by atoms with E-state index < -0.39 is 0 Å². The molecule has 140 valence electrons. The summed E-state index contributed by atoms with van der Waals surface area (Å²) in [5.41, 5.74) is 8.73. The highest BCUT2D eigenvalue weighted by atomic mass is 32.1. The van der Waals surface area contributed by atoms with Crippen LogP contribution in [0.1, 0.15) is 32.0 Å². The van der Waals surface area contributed by atoms with Gasteiger partial charge in [-0.05, 0) is 80.6 Å². The molecule has 0 atom stereocenters. The van der Waals surface area contributed by atoms with Crippen molar-refractivity contribution in [2.45, 2.75) is 0 Å². The van der Waals surface area contributed by atoms with Gasteiger partial charge in [0.1, 0.15) is 12.1 Å². The first kappa shape index (κ1) is 18.3. The molecule has 0 N–H and O–H groups in total. The molecule has 4 aromatic rings. The lowest BCUT2D eigenvalue weighted by molar-refractivity contribution is 1.49. The van der Waals surface area contributed by atoms with E-state index >= 15 is 0 Å². The summed E-state index contributed by atoms with van der Waals surface area (Å²) in [6.07, 6.45) is 8.15. The highest BCUT2D eigenvalue weighted by Crippen LogP contribution is 2.48. The van der Waals surface area contributed by atoms with Gasteiger partial charge in [-0.2, -0.15) is 10.5 Å². The molecular weight excluding hydrogens is 404 g/mol. The highest BCUT2D eigenvalue weighted by Gasteiger charge is 2.22. The molecule has 2 aromatic heterocycles. The molecule has 0 bridgehead atoms. The first-order valence-electron chi connectivity index (χ1n) is 9.37. The van der Waals surface area contributed by atoms with Gasteiger partial charge in [0.25, 0.3) is 0 Å². The standard InChI is InChI=1S/C26H14N2S2/c27-15-19-9-11-29-25(19)7-3-17-1-5-21-22-6-2-18(14-24(22)23(21)13-17)4-8-26-20(16-28)10-12-30-26/h1-14H/b7-3+,8-4+. The molecule has 0 unspecified atom stereocenters.